The van der Waals surface area contributed by atoms with Crippen molar-refractivity contribution < 1.29 is 9.18 Å². The fourth-order valence-electron chi connectivity index (χ4n) is 1.96. The molecule has 0 bridgehead atoms. The van der Waals surface area contributed by atoms with Crippen LogP contribution in [0.5, 0.6) is 0 Å². The zero-order valence-corrected chi connectivity index (χ0v) is 12.5. The summed E-state index contributed by atoms with van der Waals surface area (Å²) in [6, 6.07) is 9.41. The Hall–Kier alpha value is -2.07. The Labute approximate surface area is 127 Å². The highest BCUT2D eigenvalue weighted by atomic mass is 35.5. The van der Waals surface area contributed by atoms with Crippen LogP contribution in [-0.2, 0) is 0 Å². The van der Waals surface area contributed by atoms with Crippen LogP contribution < -0.4 is 11.1 Å². The summed E-state index contributed by atoms with van der Waals surface area (Å²) in [5.74, 6) is -0.642. The Morgan fingerprint density at radius 1 is 1.33 bits per heavy atom. The van der Waals surface area contributed by atoms with Crippen LogP contribution in [0.1, 0.15) is 34.5 Å². The van der Waals surface area contributed by atoms with E-state index in [-0.39, 0.29) is 22.8 Å². The van der Waals surface area contributed by atoms with E-state index in [4.69, 9.17) is 17.3 Å². The van der Waals surface area contributed by atoms with Gasteiger partial charge < -0.3 is 11.1 Å². The second kappa shape index (κ2) is 6.14. The molecule has 0 aromatic heterocycles. The summed E-state index contributed by atoms with van der Waals surface area (Å²) >= 11 is 6.02. The second-order valence-electron chi connectivity index (χ2n) is 4.91. The van der Waals surface area contributed by atoms with Gasteiger partial charge in [-0.3, -0.25) is 4.79 Å². The van der Waals surface area contributed by atoms with E-state index in [0.717, 1.165) is 0 Å². The minimum Gasteiger partial charge on any atom is -0.398 e. The van der Waals surface area contributed by atoms with Gasteiger partial charge in [-0.1, -0.05) is 29.8 Å². The SMILES string of the molecule is Cc1ccc(C(C)NC(=O)c2cccc(N)c2Cl)cc1F. The van der Waals surface area contributed by atoms with Crippen molar-refractivity contribution in [1.29, 1.82) is 0 Å². The highest BCUT2D eigenvalue weighted by molar-refractivity contribution is 6.36. The average Bonchev–Trinajstić information content (AvgIpc) is 2.44. The van der Waals surface area contributed by atoms with Gasteiger partial charge in [0.2, 0.25) is 0 Å². The van der Waals surface area contributed by atoms with Gasteiger partial charge in [-0.25, -0.2) is 4.39 Å². The van der Waals surface area contributed by atoms with Gasteiger partial charge in [0.25, 0.3) is 5.91 Å². The monoisotopic (exact) mass is 306 g/mol. The lowest BCUT2D eigenvalue weighted by Crippen LogP contribution is -2.27. The molecule has 1 unspecified atom stereocenters. The number of aryl methyl sites for hydroxylation is 1. The summed E-state index contributed by atoms with van der Waals surface area (Å²) in [5.41, 5.74) is 7.58. The van der Waals surface area contributed by atoms with E-state index in [1.807, 2.05) is 0 Å². The van der Waals surface area contributed by atoms with Gasteiger partial charge in [-0.05, 0) is 43.2 Å². The smallest absolute Gasteiger partial charge is 0.253 e. The van der Waals surface area contributed by atoms with E-state index >= 15 is 0 Å². The van der Waals surface area contributed by atoms with E-state index in [2.05, 4.69) is 5.32 Å². The van der Waals surface area contributed by atoms with Crippen LogP contribution in [0, 0.1) is 12.7 Å². The van der Waals surface area contributed by atoms with E-state index in [1.165, 1.54) is 6.07 Å². The molecule has 110 valence electrons. The predicted molar refractivity (Wildman–Crippen MR) is 82.9 cm³/mol. The molecule has 1 atom stereocenters. The molecule has 2 aromatic carbocycles. The number of carbonyl (C=O) groups excluding carboxylic acids is 1. The van der Waals surface area contributed by atoms with Gasteiger partial charge in [0.1, 0.15) is 5.82 Å². The number of rotatable bonds is 3. The Morgan fingerprint density at radius 2 is 2.05 bits per heavy atom. The Morgan fingerprint density at radius 3 is 2.71 bits per heavy atom. The lowest BCUT2D eigenvalue weighted by Gasteiger charge is -2.16. The third-order valence-corrected chi connectivity index (χ3v) is 3.74. The standard InChI is InChI=1S/C16H16ClFN2O/c1-9-6-7-11(8-13(9)18)10(2)20-16(21)12-4-3-5-14(19)15(12)17/h3-8,10H,19H2,1-2H3,(H,20,21). The number of benzene rings is 2. The summed E-state index contributed by atoms with van der Waals surface area (Å²) in [5, 5.41) is 3.00. The van der Waals surface area contributed by atoms with Crippen LogP contribution >= 0.6 is 11.6 Å². The molecule has 3 nitrogen and oxygen atoms in total. The third-order valence-electron chi connectivity index (χ3n) is 3.32. The summed E-state index contributed by atoms with van der Waals surface area (Å²) in [7, 11) is 0. The molecule has 0 aliphatic carbocycles. The molecule has 0 saturated carbocycles. The molecule has 0 fully saturated rings. The maximum Gasteiger partial charge on any atom is 0.253 e. The van der Waals surface area contributed by atoms with Crippen molar-refractivity contribution in [2.75, 3.05) is 5.73 Å². The zero-order valence-electron chi connectivity index (χ0n) is 11.8. The van der Waals surface area contributed by atoms with Crippen molar-refractivity contribution in [3.8, 4) is 0 Å². The largest absolute Gasteiger partial charge is 0.398 e. The van der Waals surface area contributed by atoms with Gasteiger partial charge in [0.15, 0.2) is 0 Å². The summed E-state index contributed by atoms with van der Waals surface area (Å²) in [6.07, 6.45) is 0. The lowest BCUT2D eigenvalue weighted by atomic mass is 10.1. The number of halogens is 2. The number of nitrogens with two attached hydrogens (primary N) is 1. The molecule has 21 heavy (non-hydrogen) atoms. The lowest BCUT2D eigenvalue weighted by molar-refractivity contribution is 0.0940. The molecular weight excluding hydrogens is 291 g/mol. The molecule has 1 amide bonds. The Kier molecular flexibility index (Phi) is 4.48. The zero-order chi connectivity index (χ0) is 15.6. The highest BCUT2D eigenvalue weighted by Crippen LogP contribution is 2.24. The number of amides is 1. The molecule has 0 aliphatic rings. The van der Waals surface area contributed by atoms with E-state index < -0.39 is 0 Å². The molecule has 3 N–H and O–H groups in total. The first-order valence-electron chi connectivity index (χ1n) is 6.51. The minimum absolute atomic E-state index is 0.220. The van der Waals surface area contributed by atoms with E-state index in [0.29, 0.717) is 22.4 Å². The molecule has 0 heterocycles. The van der Waals surface area contributed by atoms with Crippen molar-refractivity contribution in [3.63, 3.8) is 0 Å². The maximum atomic E-state index is 13.6. The summed E-state index contributed by atoms with van der Waals surface area (Å²) < 4.78 is 13.6. The number of hydrogen-bond donors (Lipinski definition) is 2. The van der Waals surface area contributed by atoms with Crippen LogP contribution in [0.25, 0.3) is 0 Å². The fraction of sp³-hybridized carbons (Fsp3) is 0.188. The first-order valence-corrected chi connectivity index (χ1v) is 6.89. The van der Waals surface area contributed by atoms with Gasteiger partial charge in [-0.15, -0.1) is 0 Å². The van der Waals surface area contributed by atoms with Crippen molar-refractivity contribution in [3.05, 3.63) is 63.9 Å². The number of anilines is 1. The van der Waals surface area contributed by atoms with Crippen LogP contribution in [0.2, 0.25) is 5.02 Å². The van der Waals surface area contributed by atoms with Crippen molar-refractivity contribution in [2.45, 2.75) is 19.9 Å². The minimum atomic E-state index is -0.346. The van der Waals surface area contributed by atoms with Gasteiger partial charge in [-0.2, -0.15) is 0 Å². The number of carbonyl (C=O) groups is 1. The maximum absolute atomic E-state index is 13.6. The van der Waals surface area contributed by atoms with Crippen LogP contribution in [-0.4, -0.2) is 5.91 Å². The summed E-state index contributed by atoms with van der Waals surface area (Å²) in [6.45, 7) is 3.47. The quantitative estimate of drug-likeness (QED) is 0.846. The van der Waals surface area contributed by atoms with Gasteiger partial charge in [0.05, 0.1) is 22.3 Å². The second-order valence-corrected chi connectivity index (χ2v) is 5.29. The molecule has 0 saturated heterocycles. The summed E-state index contributed by atoms with van der Waals surface area (Å²) in [4.78, 5) is 12.2. The fourth-order valence-corrected chi connectivity index (χ4v) is 2.17. The van der Waals surface area contributed by atoms with Crippen LogP contribution in [0.3, 0.4) is 0 Å². The number of nitrogen functional groups attached to an aromatic ring is 1. The van der Waals surface area contributed by atoms with Gasteiger partial charge >= 0.3 is 0 Å². The van der Waals surface area contributed by atoms with Crippen molar-refractivity contribution in [1.82, 2.24) is 5.32 Å². The Bertz CT molecular complexity index is 688. The average molecular weight is 307 g/mol. The normalized spacial score (nSPS) is 12.0. The van der Waals surface area contributed by atoms with Crippen LogP contribution in [0.15, 0.2) is 36.4 Å². The van der Waals surface area contributed by atoms with Crippen molar-refractivity contribution >= 4 is 23.2 Å². The molecular formula is C16H16ClFN2O. The van der Waals surface area contributed by atoms with Crippen molar-refractivity contribution in [2.24, 2.45) is 0 Å². The van der Waals surface area contributed by atoms with Crippen LogP contribution in [0.4, 0.5) is 10.1 Å². The molecule has 5 heteroatoms. The molecule has 2 aromatic rings. The first kappa shape index (κ1) is 15.3. The van der Waals surface area contributed by atoms with Gasteiger partial charge in [0, 0.05) is 0 Å². The molecule has 0 radical (unpaired) electrons. The molecule has 0 spiro atoms. The highest BCUT2D eigenvalue weighted by Gasteiger charge is 2.16. The third kappa shape index (κ3) is 3.34. The number of hydrogen-bond acceptors (Lipinski definition) is 2. The first-order chi connectivity index (χ1) is 9.90. The Balaban J connectivity index is 2.18. The molecule has 2 rings (SSSR count). The van der Waals surface area contributed by atoms with E-state index in [1.54, 1.807) is 44.2 Å². The number of nitrogens with one attached hydrogen (secondary N) is 1. The van der Waals surface area contributed by atoms with E-state index in [9.17, 15) is 9.18 Å². The topological polar surface area (TPSA) is 55.1 Å². The molecule has 0 aliphatic heterocycles. The predicted octanol–water partition coefficient (Wildman–Crippen LogP) is 3.86.